The Balaban J connectivity index is 2.21. The number of hydrogen-bond acceptors (Lipinski definition) is 2. The molecule has 0 radical (unpaired) electrons. The Morgan fingerprint density at radius 1 is 0.960 bits per heavy atom. The largest absolute Gasteiger partial charge is 0.361 e. The van der Waals surface area contributed by atoms with Gasteiger partial charge in [-0.3, -0.25) is 4.79 Å². The maximum atomic E-state index is 14.2. The number of nitrogens with one attached hydrogen (secondary N) is 1. The van der Waals surface area contributed by atoms with Gasteiger partial charge in [-0.05, 0) is 18.6 Å². The molecule has 0 aliphatic carbocycles. The predicted molar refractivity (Wildman–Crippen MR) is 80.4 cm³/mol. The fourth-order valence-corrected chi connectivity index (χ4v) is 2.85. The average molecular weight is 356 g/mol. The number of rotatable bonds is 3. The van der Waals surface area contributed by atoms with Crippen molar-refractivity contribution in [3.05, 3.63) is 64.5 Å². The second-order valence-corrected chi connectivity index (χ2v) is 5.57. The van der Waals surface area contributed by atoms with Crippen molar-refractivity contribution in [2.45, 2.75) is 19.5 Å². The van der Waals surface area contributed by atoms with Crippen LogP contribution in [0.3, 0.4) is 0 Å². The molecule has 0 saturated carbocycles. The number of nitrogens with zero attached hydrogens (tertiary/aromatic N) is 1. The zero-order valence-electron chi connectivity index (χ0n) is 13.0. The van der Waals surface area contributed by atoms with E-state index in [9.17, 15) is 26.7 Å². The fourth-order valence-electron chi connectivity index (χ4n) is 2.85. The molecule has 1 aliphatic heterocycles. The lowest BCUT2D eigenvalue weighted by molar-refractivity contribution is 0.0675. The minimum absolute atomic E-state index is 0.0737. The number of anilines is 1. The molecule has 1 heterocycles. The lowest BCUT2D eigenvalue weighted by Crippen LogP contribution is -2.44. The minimum atomic E-state index is -2.23. The van der Waals surface area contributed by atoms with Crippen LogP contribution in [0.15, 0.2) is 24.3 Å². The van der Waals surface area contributed by atoms with Crippen LogP contribution in [-0.4, -0.2) is 17.4 Å². The van der Waals surface area contributed by atoms with E-state index in [-0.39, 0.29) is 17.8 Å². The standard InChI is InChI=1S/C17H13F5N2O/c1-2-7-24-16(23-9-6-4-3-5-8(9)17(24)25)10-11(18)13(20)15(22)14(21)12(10)19/h3-6,16,23H,2,7H2,1H3/t16-/m1/s1. The summed E-state index contributed by atoms with van der Waals surface area (Å²) >= 11 is 0. The van der Waals surface area contributed by atoms with Gasteiger partial charge in [-0.2, -0.15) is 0 Å². The highest BCUT2D eigenvalue weighted by Crippen LogP contribution is 2.37. The lowest BCUT2D eigenvalue weighted by Gasteiger charge is -2.38. The van der Waals surface area contributed by atoms with Crippen molar-refractivity contribution in [1.29, 1.82) is 0 Å². The number of para-hydroxylation sites is 1. The number of carbonyl (C=O) groups excluding carboxylic acids is 1. The van der Waals surface area contributed by atoms with Crippen LogP contribution in [0, 0.1) is 29.1 Å². The van der Waals surface area contributed by atoms with Crippen LogP contribution < -0.4 is 5.32 Å². The summed E-state index contributed by atoms with van der Waals surface area (Å²) in [4.78, 5) is 13.7. The number of hydrogen-bond donors (Lipinski definition) is 1. The van der Waals surface area contributed by atoms with Crippen LogP contribution in [0.25, 0.3) is 0 Å². The first-order valence-electron chi connectivity index (χ1n) is 7.56. The smallest absolute Gasteiger partial charge is 0.257 e. The maximum Gasteiger partial charge on any atom is 0.257 e. The number of fused-ring (bicyclic) bond motifs is 1. The first kappa shape index (κ1) is 17.2. The van der Waals surface area contributed by atoms with Gasteiger partial charge >= 0.3 is 0 Å². The Morgan fingerprint density at radius 2 is 1.52 bits per heavy atom. The molecule has 1 aliphatic rings. The molecule has 0 aromatic heterocycles. The van der Waals surface area contributed by atoms with Gasteiger partial charge in [0.05, 0.1) is 11.1 Å². The quantitative estimate of drug-likeness (QED) is 0.504. The van der Waals surface area contributed by atoms with Gasteiger partial charge < -0.3 is 10.2 Å². The van der Waals surface area contributed by atoms with E-state index in [1.165, 1.54) is 12.1 Å². The second kappa shape index (κ2) is 6.34. The summed E-state index contributed by atoms with van der Waals surface area (Å²) in [6.07, 6.45) is -1.08. The van der Waals surface area contributed by atoms with Gasteiger partial charge in [0.1, 0.15) is 6.17 Å². The molecular formula is C17H13F5N2O. The van der Waals surface area contributed by atoms with Crippen LogP contribution in [0.5, 0.6) is 0 Å². The van der Waals surface area contributed by atoms with Crippen molar-refractivity contribution in [1.82, 2.24) is 4.90 Å². The molecule has 1 amide bonds. The molecular weight excluding hydrogens is 343 g/mol. The first-order valence-corrected chi connectivity index (χ1v) is 7.56. The third kappa shape index (κ3) is 2.61. The van der Waals surface area contributed by atoms with Crippen molar-refractivity contribution < 1.29 is 26.7 Å². The van der Waals surface area contributed by atoms with Gasteiger partial charge in [-0.1, -0.05) is 19.1 Å². The Morgan fingerprint density at radius 3 is 2.12 bits per heavy atom. The molecule has 3 nitrogen and oxygen atoms in total. The molecule has 0 unspecified atom stereocenters. The summed E-state index contributed by atoms with van der Waals surface area (Å²) in [5.41, 5.74) is -0.558. The molecule has 8 heteroatoms. The topological polar surface area (TPSA) is 32.3 Å². The Kier molecular flexibility index (Phi) is 4.36. The molecule has 0 fully saturated rings. The predicted octanol–water partition coefficient (Wildman–Crippen LogP) is 4.36. The van der Waals surface area contributed by atoms with E-state index < -0.39 is 46.7 Å². The summed E-state index contributed by atoms with van der Waals surface area (Å²) in [6, 6.07) is 6.21. The Labute approximate surface area is 140 Å². The summed E-state index contributed by atoms with van der Waals surface area (Å²) in [7, 11) is 0. The molecule has 0 spiro atoms. The summed E-state index contributed by atoms with van der Waals surface area (Å²) in [5, 5.41) is 2.70. The van der Waals surface area contributed by atoms with E-state index in [2.05, 4.69) is 5.32 Å². The first-order chi connectivity index (χ1) is 11.9. The molecule has 25 heavy (non-hydrogen) atoms. The number of halogens is 5. The van der Waals surface area contributed by atoms with Gasteiger partial charge in [0, 0.05) is 12.2 Å². The van der Waals surface area contributed by atoms with E-state index in [0.29, 0.717) is 6.42 Å². The molecule has 2 aromatic carbocycles. The molecule has 0 saturated heterocycles. The molecule has 2 aromatic rings. The van der Waals surface area contributed by atoms with Crippen molar-refractivity contribution in [2.24, 2.45) is 0 Å². The lowest BCUT2D eigenvalue weighted by atomic mass is 10.0. The molecule has 3 rings (SSSR count). The highest BCUT2D eigenvalue weighted by Gasteiger charge is 2.38. The van der Waals surface area contributed by atoms with Crippen LogP contribution in [0.1, 0.15) is 35.4 Å². The van der Waals surface area contributed by atoms with Gasteiger partial charge in [-0.15, -0.1) is 0 Å². The number of benzene rings is 2. The highest BCUT2D eigenvalue weighted by molar-refractivity contribution is 6.01. The van der Waals surface area contributed by atoms with Crippen molar-refractivity contribution in [3.63, 3.8) is 0 Å². The van der Waals surface area contributed by atoms with Gasteiger partial charge in [0.15, 0.2) is 23.3 Å². The average Bonchev–Trinajstić information content (AvgIpc) is 2.61. The summed E-state index contributed by atoms with van der Waals surface area (Å²) in [6.45, 7) is 1.80. The van der Waals surface area contributed by atoms with Gasteiger partial charge in [0.25, 0.3) is 5.91 Å². The van der Waals surface area contributed by atoms with E-state index >= 15 is 0 Å². The van der Waals surface area contributed by atoms with Gasteiger partial charge in [-0.25, -0.2) is 22.0 Å². The zero-order chi connectivity index (χ0) is 18.3. The molecule has 0 bridgehead atoms. The van der Waals surface area contributed by atoms with Crippen LogP contribution >= 0.6 is 0 Å². The monoisotopic (exact) mass is 356 g/mol. The van der Waals surface area contributed by atoms with E-state index in [1.54, 1.807) is 19.1 Å². The van der Waals surface area contributed by atoms with Crippen LogP contribution in [-0.2, 0) is 0 Å². The summed E-state index contributed by atoms with van der Waals surface area (Å²) < 4.78 is 68.8. The summed E-state index contributed by atoms with van der Waals surface area (Å²) in [5.74, 6) is -10.8. The van der Waals surface area contributed by atoms with Crippen molar-refractivity contribution in [3.8, 4) is 0 Å². The third-order valence-electron chi connectivity index (χ3n) is 4.00. The maximum absolute atomic E-state index is 14.2. The Hall–Kier alpha value is -2.64. The van der Waals surface area contributed by atoms with E-state index in [4.69, 9.17) is 0 Å². The second-order valence-electron chi connectivity index (χ2n) is 5.57. The van der Waals surface area contributed by atoms with Crippen LogP contribution in [0.4, 0.5) is 27.6 Å². The third-order valence-corrected chi connectivity index (χ3v) is 4.00. The molecule has 1 N–H and O–H groups in total. The van der Waals surface area contributed by atoms with Crippen molar-refractivity contribution in [2.75, 3.05) is 11.9 Å². The van der Waals surface area contributed by atoms with Crippen LogP contribution in [0.2, 0.25) is 0 Å². The zero-order valence-corrected chi connectivity index (χ0v) is 13.0. The van der Waals surface area contributed by atoms with E-state index in [1.807, 2.05) is 0 Å². The normalized spacial score (nSPS) is 16.6. The minimum Gasteiger partial charge on any atom is -0.361 e. The fraction of sp³-hybridized carbons (Fsp3) is 0.235. The van der Waals surface area contributed by atoms with Crippen molar-refractivity contribution >= 4 is 11.6 Å². The van der Waals surface area contributed by atoms with Gasteiger partial charge in [0.2, 0.25) is 5.82 Å². The Bertz CT molecular complexity index is 826. The number of amides is 1. The molecule has 132 valence electrons. The molecule has 1 atom stereocenters. The highest BCUT2D eigenvalue weighted by atomic mass is 19.2. The van der Waals surface area contributed by atoms with E-state index in [0.717, 1.165) is 4.90 Å². The SMILES string of the molecule is CCCN1C(=O)c2ccccc2N[C@H]1c1c(F)c(F)c(F)c(F)c1F. The number of carbonyl (C=O) groups is 1.